The number of halogens is 1. The van der Waals surface area contributed by atoms with E-state index >= 15 is 0 Å². The first-order valence-electron chi connectivity index (χ1n) is 8.61. The summed E-state index contributed by atoms with van der Waals surface area (Å²) in [5, 5.41) is 9.47. The maximum atomic E-state index is 12.1. The van der Waals surface area contributed by atoms with Gasteiger partial charge >= 0.3 is 0 Å². The van der Waals surface area contributed by atoms with E-state index in [1.807, 2.05) is 6.92 Å². The average Bonchev–Trinajstić information content (AvgIpc) is 3.09. The summed E-state index contributed by atoms with van der Waals surface area (Å²) in [6.45, 7) is 4.22. The molecule has 138 valence electrons. The van der Waals surface area contributed by atoms with E-state index in [2.05, 4.69) is 16.0 Å². The predicted molar refractivity (Wildman–Crippen MR) is 99.2 cm³/mol. The molecule has 0 bridgehead atoms. The summed E-state index contributed by atoms with van der Waals surface area (Å²) >= 11 is 6.05. The molecule has 25 heavy (non-hydrogen) atoms. The Morgan fingerprint density at radius 1 is 1.32 bits per heavy atom. The van der Waals surface area contributed by atoms with Gasteiger partial charge in [-0.1, -0.05) is 11.6 Å². The molecule has 1 aromatic carbocycles. The predicted octanol–water partition coefficient (Wildman–Crippen LogP) is 2.49. The van der Waals surface area contributed by atoms with Gasteiger partial charge in [0.1, 0.15) is 5.75 Å². The molecule has 0 radical (unpaired) electrons. The molecule has 0 spiro atoms. The minimum absolute atomic E-state index is 0.000354. The number of carbonyl (C=O) groups excluding carboxylic acids is 2. The lowest BCUT2D eigenvalue weighted by Crippen LogP contribution is -2.28. The van der Waals surface area contributed by atoms with Gasteiger partial charge in [-0.2, -0.15) is 0 Å². The van der Waals surface area contributed by atoms with Crippen LogP contribution in [0.25, 0.3) is 0 Å². The Bertz CT molecular complexity index is 616. The molecule has 1 unspecified atom stereocenters. The highest BCUT2D eigenvalue weighted by Crippen LogP contribution is 2.30. The molecule has 1 heterocycles. The largest absolute Gasteiger partial charge is 0.495 e. The van der Waals surface area contributed by atoms with Crippen molar-refractivity contribution in [3.8, 4) is 5.75 Å². The van der Waals surface area contributed by atoms with Gasteiger partial charge in [-0.3, -0.25) is 9.59 Å². The fourth-order valence-electron chi connectivity index (χ4n) is 2.84. The quantitative estimate of drug-likeness (QED) is 0.659. The molecule has 1 aliphatic heterocycles. The first-order chi connectivity index (χ1) is 12.0. The number of hydrogen-bond donors (Lipinski definition) is 3. The lowest BCUT2D eigenvalue weighted by molar-refractivity contribution is -0.121. The minimum atomic E-state index is -0.180. The highest BCUT2D eigenvalue weighted by Gasteiger charge is 2.16. The van der Waals surface area contributed by atoms with Crippen LogP contribution in [-0.2, 0) is 9.59 Å². The van der Waals surface area contributed by atoms with Crippen LogP contribution >= 0.6 is 11.6 Å². The van der Waals surface area contributed by atoms with Gasteiger partial charge in [-0.15, -0.1) is 0 Å². The number of benzene rings is 1. The SMILES string of the molecule is COc1cc(Cl)c(C)cc1NC(=O)CCNC(=O)CCC1CCNC1. The van der Waals surface area contributed by atoms with Crippen LogP contribution in [0.1, 0.15) is 31.2 Å². The van der Waals surface area contributed by atoms with Gasteiger partial charge in [0.2, 0.25) is 11.8 Å². The molecular formula is C18H26ClN3O3. The first kappa shape index (κ1) is 19.5. The number of rotatable bonds is 8. The molecule has 3 N–H and O–H groups in total. The molecule has 2 rings (SSSR count). The highest BCUT2D eigenvalue weighted by molar-refractivity contribution is 6.31. The van der Waals surface area contributed by atoms with E-state index < -0.39 is 0 Å². The summed E-state index contributed by atoms with van der Waals surface area (Å²) in [4.78, 5) is 23.9. The van der Waals surface area contributed by atoms with E-state index in [4.69, 9.17) is 16.3 Å². The van der Waals surface area contributed by atoms with Gasteiger partial charge in [0.05, 0.1) is 12.8 Å². The van der Waals surface area contributed by atoms with Crippen molar-refractivity contribution in [3.05, 3.63) is 22.7 Å². The number of methoxy groups -OCH3 is 1. The maximum Gasteiger partial charge on any atom is 0.226 e. The van der Waals surface area contributed by atoms with Gasteiger partial charge < -0.3 is 20.7 Å². The lowest BCUT2D eigenvalue weighted by atomic mass is 10.0. The van der Waals surface area contributed by atoms with Crippen LogP contribution in [0.2, 0.25) is 5.02 Å². The van der Waals surface area contributed by atoms with Crippen LogP contribution in [0, 0.1) is 12.8 Å². The third-order valence-corrected chi connectivity index (χ3v) is 4.78. The van der Waals surface area contributed by atoms with Gasteiger partial charge in [-0.05, 0) is 50.4 Å². The number of aryl methyl sites for hydroxylation is 1. The molecule has 1 saturated heterocycles. The molecule has 0 aliphatic carbocycles. The van der Waals surface area contributed by atoms with Crippen LogP contribution in [0.3, 0.4) is 0 Å². The van der Waals surface area contributed by atoms with Crippen LogP contribution in [0.5, 0.6) is 5.75 Å². The van der Waals surface area contributed by atoms with Crippen LogP contribution in [0.15, 0.2) is 12.1 Å². The number of nitrogens with one attached hydrogen (secondary N) is 3. The zero-order valence-electron chi connectivity index (χ0n) is 14.8. The van der Waals surface area contributed by atoms with Crippen LogP contribution in [0.4, 0.5) is 5.69 Å². The standard InChI is InChI=1S/C18H26ClN3O3/c1-12-9-15(16(25-2)10-14(12)19)22-18(24)6-8-21-17(23)4-3-13-5-7-20-11-13/h9-10,13,20H,3-8,11H2,1-2H3,(H,21,23)(H,22,24). The van der Waals surface area contributed by atoms with Crippen LogP contribution < -0.4 is 20.7 Å². The first-order valence-corrected chi connectivity index (χ1v) is 8.98. The van der Waals surface area contributed by atoms with Gasteiger partial charge in [0, 0.05) is 30.5 Å². The summed E-state index contributed by atoms with van der Waals surface area (Å²) in [5.41, 5.74) is 1.43. The average molecular weight is 368 g/mol. The smallest absolute Gasteiger partial charge is 0.226 e. The molecule has 1 aromatic rings. The summed E-state index contributed by atoms with van der Waals surface area (Å²) < 4.78 is 5.23. The van der Waals surface area contributed by atoms with E-state index in [-0.39, 0.29) is 18.2 Å². The van der Waals surface area contributed by atoms with Crippen molar-refractivity contribution in [1.82, 2.24) is 10.6 Å². The van der Waals surface area contributed by atoms with Crippen molar-refractivity contribution in [3.63, 3.8) is 0 Å². The van der Waals surface area contributed by atoms with E-state index in [1.54, 1.807) is 12.1 Å². The monoisotopic (exact) mass is 367 g/mol. The Kier molecular flexibility index (Phi) is 7.52. The Morgan fingerprint density at radius 3 is 2.80 bits per heavy atom. The van der Waals surface area contributed by atoms with E-state index in [9.17, 15) is 9.59 Å². The van der Waals surface area contributed by atoms with E-state index in [0.717, 1.165) is 31.5 Å². The Balaban J connectivity index is 1.71. The number of anilines is 1. The van der Waals surface area contributed by atoms with Crippen molar-refractivity contribution in [1.29, 1.82) is 0 Å². The molecule has 1 atom stereocenters. The zero-order chi connectivity index (χ0) is 18.2. The third-order valence-electron chi connectivity index (χ3n) is 4.37. The molecule has 1 aliphatic rings. The molecule has 7 heteroatoms. The summed E-state index contributed by atoms with van der Waals surface area (Å²) in [6.07, 6.45) is 2.75. The zero-order valence-corrected chi connectivity index (χ0v) is 15.5. The van der Waals surface area contributed by atoms with Gasteiger partial charge in [0.15, 0.2) is 0 Å². The normalized spacial score (nSPS) is 16.5. The van der Waals surface area contributed by atoms with E-state index in [1.165, 1.54) is 7.11 Å². The number of carbonyl (C=O) groups is 2. The van der Waals surface area contributed by atoms with Crippen LogP contribution in [-0.4, -0.2) is 38.6 Å². The number of ether oxygens (including phenoxy) is 1. The Morgan fingerprint density at radius 2 is 2.12 bits per heavy atom. The Hall–Kier alpha value is -1.79. The fraction of sp³-hybridized carbons (Fsp3) is 0.556. The molecule has 2 amide bonds. The fourth-order valence-corrected chi connectivity index (χ4v) is 3.00. The summed E-state index contributed by atoms with van der Waals surface area (Å²) in [6, 6.07) is 3.44. The summed E-state index contributed by atoms with van der Waals surface area (Å²) in [7, 11) is 1.52. The van der Waals surface area contributed by atoms with E-state index in [0.29, 0.717) is 35.3 Å². The highest BCUT2D eigenvalue weighted by atomic mass is 35.5. The molecular weight excluding hydrogens is 342 g/mol. The topological polar surface area (TPSA) is 79.5 Å². The minimum Gasteiger partial charge on any atom is -0.495 e. The van der Waals surface area contributed by atoms with Crippen molar-refractivity contribution in [2.75, 3.05) is 32.1 Å². The second kappa shape index (κ2) is 9.63. The lowest BCUT2D eigenvalue weighted by Gasteiger charge is -2.12. The second-order valence-electron chi connectivity index (χ2n) is 6.35. The number of hydrogen-bond acceptors (Lipinski definition) is 4. The maximum absolute atomic E-state index is 12.1. The van der Waals surface area contributed by atoms with Gasteiger partial charge in [-0.25, -0.2) is 0 Å². The molecule has 0 saturated carbocycles. The Labute approximate surface area is 153 Å². The van der Waals surface area contributed by atoms with Crippen molar-refractivity contribution >= 4 is 29.1 Å². The van der Waals surface area contributed by atoms with Crippen molar-refractivity contribution in [2.24, 2.45) is 5.92 Å². The molecule has 0 aromatic heterocycles. The third kappa shape index (κ3) is 6.21. The second-order valence-corrected chi connectivity index (χ2v) is 6.75. The molecule has 1 fully saturated rings. The number of amides is 2. The van der Waals surface area contributed by atoms with Crippen molar-refractivity contribution < 1.29 is 14.3 Å². The van der Waals surface area contributed by atoms with Gasteiger partial charge in [0.25, 0.3) is 0 Å². The van der Waals surface area contributed by atoms with Crippen molar-refractivity contribution in [2.45, 2.75) is 32.6 Å². The summed E-state index contributed by atoms with van der Waals surface area (Å²) in [5.74, 6) is 0.924. The molecule has 6 nitrogen and oxygen atoms in total.